The van der Waals surface area contributed by atoms with Crippen LogP contribution < -0.4 is 27.8 Å². The first-order valence-corrected chi connectivity index (χ1v) is 12.3. The Morgan fingerprint density at radius 3 is 2.12 bits per heavy atom. The molecule has 2 amide bonds. The number of carbonyl (C=O) groups is 2. The fraction of sp³-hybridized carbons (Fsp3) is 0.640. The molecule has 33 heavy (non-hydrogen) atoms. The van der Waals surface area contributed by atoms with Crippen molar-refractivity contribution in [1.82, 2.24) is 10.6 Å². The summed E-state index contributed by atoms with van der Waals surface area (Å²) in [5.74, 6) is 1.67. The van der Waals surface area contributed by atoms with Crippen molar-refractivity contribution in [3.8, 4) is 0 Å². The molecule has 4 bridgehead atoms. The number of aliphatic imine (C=N–C) groups is 1. The Bertz CT molecular complexity index is 832. The van der Waals surface area contributed by atoms with Gasteiger partial charge in [-0.3, -0.25) is 14.6 Å². The van der Waals surface area contributed by atoms with Crippen LogP contribution in [0.5, 0.6) is 0 Å². The maximum Gasteiger partial charge on any atom is 0.240 e. The molecule has 1 aromatic rings. The van der Waals surface area contributed by atoms with Crippen molar-refractivity contribution in [2.45, 2.75) is 75.4 Å². The van der Waals surface area contributed by atoms with Crippen LogP contribution in [0.15, 0.2) is 35.3 Å². The highest BCUT2D eigenvalue weighted by atomic mass is 16.2. The number of nitrogens with one attached hydrogen (secondary N) is 2. The lowest BCUT2D eigenvalue weighted by atomic mass is 9.53. The number of primary amides is 1. The van der Waals surface area contributed by atoms with Gasteiger partial charge in [0.1, 0.15) is 6.04 Å². The minimum absolute atomic E-state index is 0.0224. The summed E-state index contributed by atoms with van der Waals surface area (Å²) in [6, 6.07) is 8.45. The summed E-state index contributed by atoms with van der Waals surface area (Å²) >= 11 is 0. The molecule has 2 unspecified atom stereocenters. The van der Waals surface area contributed by atoms with Crippen LogP contribution in [0.3, 0.4) is 0 Å². The van der Waals surface area contributed by atoms with E-state index in [4.69, 9.17) is 17.2 Å². The molecule has 2 atom stereocenters. The second-order valence-electron chi connectivity index (χ2n) is 10.5. The van der Waals surface area contributed by atoms with E-state index in [1.54, 1.807) is 0 Å². The molecule has 5 rings (SSSR count). The molecule has 4 aliphatic rings. The highest BCUT2D eigenvalue weighted by Gasteiger charge is 2.51. The van der Waals surface area contributed by atoms with Gasteiger partial charge in [0.15, 0.2) is 5.96 Å². The maximum absolute atomic E-state index is 13.4. The molecule has 180 valence electrons. The quantitative estimate of drug-likeness (QED) is 0.193. The molecule has 4 fully saturated rings. The van der Waals surface area contributed by atoms with Crippen LogP contribution in [-0.4, -0.2) is 41.9 Å². The van der Waals surface area contributed by atoms with E-state index in [1.165, 1.54) is 19.3 Å². The first-order chi connectivity index (χ1) is 15.8. The van der Waals surface area contributed by atoms with Crippen LogP contribution in [0.25, 0.3) is 0 Å². The van der Waals surface area contributed by atoms with Gasteiger partial charge in [0.05, 0.1) is 6.04 Å². The van der Waals surface area contributed by atoms with E-state index in [2.05, 4.69) is 15.6 Å². The van der Waals surface area contributed by atoms with Crippen molar-refractivity contribution >= 4 is 17.8 Å². The molecular weight excluding hydrogens is 416 g/mol. The number of hydrogen-bond acceptors (Lipinski definition) is 4. The third kappa shape index (κ3) is 6.05. The summed E-state index contributed by atoms with van der Waals surface area (Å²) in [5, 5.41) is 6.72. The van der Waals surface area contributed by atoms with Gasteiger partial charge < -0.3 is 27.8 Å². The van der Waals surface area contributed by atoms with E-state index in [1.807, 2.05) is 30.3 Å². The van der Waals surface area contributed by atoms with Gasteiger partial charge >= 0.3 is 0 Å². The largest absolute Gasteiger partial charge is 0.370 e. The minimum Gasteiger partial charge on any atom is -0.370 e. The van der Waals surface area contributed by atoms with Crippen molar-refractivity contribution in [2.24, 2.45) is 39.9 Å². The van der Waals surface area contributed by atoms with Gasteiger partial charge in [0.2, 0.25) is 11.8 Å². The van der Waals surface area contributed by atoms with Gasteiger partial charge in [-0.25, -0.2) is 0 Å². The van der Waals surface area contributed by atoms with Crippen LogP contribution >= 0.6 is 0 Å². The van der Waals surface area contributed by atoms with Crippen LogP contribution in [0.4, 0.5) is 0 Å². The standard InChI is InChI=1S/C25H38N6O2/c26-22(32)21(12-16-5-2-1-3-6-16)30-23(33)20(7-4-8-29-24(27)28)31-25-13-17-9-18(14-25)11-19(10-17)15-25/h1-3,5-6,17-21,31H,4,7-15H2,(H2,26,32)(H,30,33)(H4,27,28,29). The number of rotatable bonds is 11. The predicted molar refractivity (Wildman–Crippen MR) is 129 cm³/mol. The number of benzene rings is 1. The average Bonchev–Trinajstić information content (AvgIpc) is 2.74. The summed E-state index contributed by atoms with van der Waals surface area (Å²) in [4.78, 5) is 29.6. The molecule has 0 heterocycles. The van der Waals surface area contributed by atoms with E-state index >= 15 is 0 Å². The van der Waals surface area contributed by atoms with Crippen LogP contribution in [0.1, 0.15) is 56.9 Å². The molecule has 0 radical (unpaired) electrons. The third-order valence-corrected chi connectivity index (χ3v) is 7.72. The van der Waals surface area contributed by atoms with Crippen molar-refractivity contribution < 1.29 is 9.59 Å². The van der Waals surface area contributed by atoms with Crippen molar-refractivity contribution in [3.05, 3.63) is 35.9 Å². The lowest BCUT2D eigenvalue weighted by molar-refractivity contribution is -0.130. The number of carbonyl (C=O) groups excluding carboxylic acids is 2. The Kier molecular flexibility index (Phi) is 7.22. The Hall–Kier alpha value is -2.61. The number of guanidine groups is 1. The Morgan fingerprint density at radius 2 is 1.58 bits per heavy atom. The highest BCUT2D eigenvalue weighted by Crippen LogP contribution is 2.55. The number of nitrogens with zero attached hydrogens (tertiary/aromatic N) is 1. The molecule has 1 aromatic carbocycles. The zero-order valence-corrected chi connectivity index (χ0v) is 19.3. The summed E-state index contributed by atoms with van der Waals surface area (Å²) in [5.41, 5.74) is 17.6. The van der Waals surface area contributed by atoms with Gasteiger partial charge in [-0.15, -0.1) is 0 Å². The predicted octanol–water partition coefficient (Wildman–Crippen LogP) is 1.18. The minimum atomic E-state index is -0.752. The fourth-order valence-corrected chi connectivity index (χ4v) is 6.77. The third-order valence-electron chi connectivity index (χ3n) is 7.72. The normalized spacial score (nSPS) is 29.3. The number of amides is 2. The zero-order chi connectivity index (χ0) is 23.4. The van der Waals surface area contributed by atoms with Gasteiger partial charge in [-0.05, 0) is 74.7 Å². The molecule has 0 aromatic heterocycles. The maximum atomic E-state index is 13.4. The molecule has 8 N–H and O–H groups in total. The van der Waals surface area contributed by atoms with Crippen molar-refractivity contribution in [2.75, 3.05) is 6.54 Å². The van der Waals surface area contributed by atoms with Crippen LogP contribution in [-0.2, 0) is 16.0 Å². The average molecular weight is 455 g/mol. The van der Waals surface area contributed by atoms with Gasteiger partial charge in [-0.2, -0.15) is 0 Å². The van der Waals surface area contributed by atoms with Crippen LogP contribution in [0, 0.1) is 17.8 Å². The van der Waals surface area contributed by atoms with E-state index in [-0.39, 0.29) is 17.4 Å². The summed E-state index contributed by atoms with van der Waals surface area (Å²) < 4.78 is 0. The van der Waals surface area contributed by atoms with Gasteiger partial charge in [-0.1, -0.05) is 30.3 Å². The Balaban J connectivity index is 1.45. The Morgan fingerprint density at radius 1 is 0.970 bits per heavy atom. The molecule has 8 heteroatoms. The van der Waals surface area contributed by atoms with Crippen LogP contribution in [0.2, 0.25) is 0 Å². The fourth-order valence-electron chi connectivity index (χ4n) is 6.77. The lowest BCUT2D eigenvalue weighted by Crippen LogP contribution is -2.64. The first-order valence-electron chi connectivity index (χ1n) is 12.3. The summed E-state index contributed by atoms with van der Waals surface area (Å²) in [6.07, 6.45) is 9.08. The summed E-state index contributed by atoms with van der Waals surface area (Å²) in [6.45, 7) is 0.470. The van der Waals surface area contributed by atoms with E-state index < -0.39 is 18.0 Å². The first kappa shape index (κ1) is 23.5. The molecule has 0 spiro atoms. The van der Waals surface area contributed by atoms with E-state index in [0.29, 0.717) is 25.8 Å². The number of hydrogen-bond donors (Lipinski definition) is 5. The molecule has 4 saturated carbocycles. The molecule has 4 aliphatic carbocycles. The lowest BCUT2D eigenvalue weighted by Gasteiger charge is -2.58. The Labute approximate surface area is 196 Å². The topological polar surface area (TPSA) is 149 Å². The summed E-state index contributed by atoms with van der Waals surface area (Å²) in [7, 11) is 0. The van der Waals surface area contributed by atoms with Crippen molar-refractivity contribution in [3.63, 3.8) is 0 Å². The van der Waals surface area contributed by atoms with Gasteiger partial charge in [0, 0.05) is 18.5 Å². The smallest absolute Gasteiger partial charge is 0.240 e. The molecule has 8 nitrogen and oxygen atoms in total. The monoisotopic (exact) mass is 454 g/mol. The molecular formula is C25H38N6O2. The van der Waals surface area contributed by atoms with E-state index in [0.717, 1.165) is 42.6 Å². The van der Waals surface area contributed by atoms with Gasteiger partial charge in [0.25, 0.3) is 0 Å². The molecule has 0 aliphatic heterocycles. The molecule has 0 saturated heterocycles. The highest BCUT2D eigenvalue weighted by molar-refractivity contribution is 5.89. The number of nitrogens with two attached hydrogens (primary N) is 3. The second-order valence-corrected chi connectivity index (χ2v) is 10.5. The van der Waals surface area contributed by atoms with Crippen molar-refractivity contribution in [1.29, 1.82) is 0 Å². The van der Waals surface area contributed by atoms with E-state index in [9.17, 15) is 9.59 Å². The SMILES string of the molecule is NC(=O)C(Cc1ccccc1)NC(=O)C(CCCN=C(N)N)NC12CC3CC(CC(C3)C1)C2. The second kappa shape index (κ2) is 10.1. The zero-order valence-electron chi connectivity index (χ0n) is 19.3.